The normalized spacial score (nSPS) is 15.8. The van der Waals surface area contributed by atoms with E-state index in [2.05, 4.69) is 5.32 Å². The highest BCUT2D eigenvalue weighted by Crippen LogP contribution is 2.43. The number of carbonyl (C=O) groups is 1. The topological polar surface area (TPSA) is 82.8 Å². The van der Waals surface area contributed by atoms with Crippen LogP contribution < -0.4 is 25.3 Å². The SMILES string of the molecule is CCC(C)NC(C(N)=O)c1cc(OC)c2c(c1)OCO2. The molecule has 3 N–H and O–H groups in total. The molecule has 0 aromatic heterocycles. The number of hydrogen-bond donors (Lipinski definition) is 2. The summed E-state index contributed by atoms with van der Waals surface area (Å²) in [5.41, 5.74) is 6.20. The van der Waals surface area contributed by atoms with Gasteiger partial charge in [-0.1, -0.05) is 6.92 Å². The van der Waals surface area contributed by atoms with Gasteiger partial charge in [0.2, 0.25) is 18.4 Å². The molecule has 0 saturated carbocycles. The number of hydrogen-bond acceptors (Lipinski definition) is 5. The van der Waals surface area contributed by atoms with Gasteiger partial charge in [-0.05, 0) is 31.0 Å². The van der Waals surface area contributed by atoms with Crippen LogP contribution in [0, 0.1) is 0 Å². The fourth-order valence-corrected chi connectivity index (χ4v) is 2.06. The molecule has 2 atom stereocenters. The lowest BCUT2D eigenvalue weighted by Crippen LogP contribution is -2.38. The Bertz CT molecular complexity index is 504. The molecule has 0 bridgehead atoms. The number of rotatable bonds is 6. The summed E-state index contributed by atoms with van der Waals surface area (Å²) in [6.07, 6.45) is 0.894. The Morgan fingerprint density at radius 2 is 2.25 bits per heavy atom. The van der Waals surface area contributed by atoms with Crippen LogP contribution in [0.1, 0.15) is 31.9 Å². The number of ether oxygens (including phenoxy) is 3. The van der Waals surface area contributed by atoms with E-state index in [4.69, 9.17) is 19.9 Å². The fraction of sp³-hybridized carbons (Fsp3) is 0.500. The van der Waals surface area contributed by atoms with Crippen molar-refractivity contribution in [2.24, 2.45) is 5.73 Å². The summed E-state index contributed by atoms with van der Waals surface area (Å²) in [4.78, 5) is 11.7. The highest BCUT2D eigenvalue weighted by Gasteiger charge is 2.26. The number of methoxy groups -OCH3 is 1. The first-order valence-corrected chi connectivity index (χ1v) is 6.59. The van der Waals surface area contributed by atoms with Gasteiger partial charge in [0.05, 0.1) is 7.11 Å². The minimum Gasteiger partial charge on any atom is -0.493 e. The van der Waals surface area contributed by atoms with Gasteiger partial charge in [0, 0.05) is 6.04 Å². The molecule has 1 aromatic rings. The van der Waals surface area contributed by atoms with Crippen LogP contribution in [0.4, 0.5) is 0 Å². The smallest absolute Gasteiger partial charge is 0.239 e. The third kappa shape index (κ3) is 2.80. The molecule has 1 heterocycles. The molecule has 0 spiro atoms. The van der Waals surface area contributed by atoms with Crippen LogP contribution in [0.2, 0.25) is 0 Å². The van der Waals surface area contributed by atoms with Gasteiger partial charge in [-0.25, -0.2) is 0 Å². The molecular formula is C14H20N2O4. The van der Waals surface area contributed by atoms with Gasteiger partial charge in [-0.15, -0.1) is 0 Å². The number of primary amides is 1. The molecule has 0 aliphatic carbocycles. The molecule has 1 aromatic carbocycles. The Balaban J connectivity index is 2.36. The lowest BCUT2D eigenvalue weighted by atomic mass is 10.0. The summed E-state index contributed by atoms with van der Waals surface area (Å²) in [5, 5.41) is 3.20. The van der Waals surface area contributed by atoms with Crippen molar-refractivity contribution in [2.75, 3.05) is 13.9 Å². The highest BCUT2D eigenvalue weighted by molar-refractivity contribution is 5.82. The largest absolute Gasteiger partial charge is 0.493 e. The van der Waals surface area contributed by atoms with Crippen LogP contribution in [0.3, 0.4) is 0 Å². The molecule has 2 unspecified atom stereocenters. The van der Waals surface area contributed by atoms with Crippen molar-refractivity contribution < 1.29 is 19.0 Å². The average molecular weight is 280 g/mol. The molecule has 20 heavy (non-hydrogen) atoms. The molecular weight excluding hydrogens is 260 g/mol. The maximum atomic E-state index is 11.7. The van der Waals surface area contributed by atoms with Gasteiger partial charge < -0.3 is 19.9 Å². The molecule has 6 heteroatoms. The molecule has 110 valence electrons. The zero-order valence-corrected chi connectivity index (χ0v) is 11.9. The quantitative estimate of drug-likeness (QED) is 0.821. The first-order valence-electron chi connectivity index (χ1n) is 6.59. The first kappa shape index (κ1) is 14.5. The number of nitrogens with two attached hydrogens (primary N) is 1. The molecule has 1 aliphatic rings. The van der Waals surface area contributed by atoms with Gasteiger partial charge in [0.25, 0.3) is 0 Å². The molecule has 1 amide bonds. The van der Waals surface area contributed by atoms with Crippen molar-refractivity contribution in [1.29, 1.82) is 0 Å². The van der Waals surface area contributed by atoms with Crippen LogP contribution in [0.5, 0.6) is 17.2 Å². The number of carbonyl (C=O) groups excluding carboxylic acids is 1. The maximum Gasteiger partial charge on any atom is 0.239 e. The average Bonchev–Trinajstić information content (AvgIpc) is 2.91. The van der Waals surface area contributed by atoms with Gasteiger partial charge >= 0.3 is 0 Å². The number of benzene rings is 1. The Labute approximate surface area is 118 Å². The van der Waals surface area contributed by atoms with Crippen molar-refractivity contribution in [3.05, 3.63) is 17.7 Å². The number of amides is 1. The highest BCUT2D eigenvalue weighted by atomic mass is 16.7. The molecule has 0 fully saturated rings. The number of fused-ring (bicyclic) bond motifs is 1. The summed E-state index contributed by atoms with van der Waals surface area (Å²) in [6.45, 7) is 4.19. The van der Waals surface area contributed by atoms with Crippen LogP contribution in [0.25, 0.3) is 0 Å². The van der Waals surface area contributed by atoms with E-state index in [9.17, 15) is 4.79 Å². The Hall–Kier alpha value is -1.95. The molecule has 1 aliphatic heterocycles. The third-order valence-electron chi connectivity index (χ3n) is 3.36. The predicted molar refractivity (Wildman–Crippen MR) is 73.9 cm³/mol. The van der Waals surface area contributed by atoms with Crippen molar-refractivity contribution in [1.82, 2.24) is 5.32 Å². The van der Waals surface area contributed by atoms with Gasteiger partial charge in [-0.3, -0.25) is 10.1 Å². The van der Waals surface area contributed by atoms with Crippen LogP contribution in [-0.2, 0) is 4.79 Å². The summed E-state index contributed by atoms with van der Waals surface area (Å²) in [5.74, 6) is 1.22. The second kappa shape index (κ2) is 6.00. The molecule has 0 saturated heterocycles. The molecule has 6 nitrogen and oxygen atoms in total. The number of nitrogens with one attached hydrogen (secondary N) is 1. The third-order valence-corrected chi connectivity index (χ3v) is 3.36. The van der Waals surface area contributed by atoms with Gasteiger partial charge in [0.1, 0.15) is 6.04 Å². The Morgan fingerprint density at radius 3 is 2.85 bits per heavy atom. The summed E-state index contributed by atoms with van der Waals surface area (Å²) in [7, 11) is 1.54. The zero-order valence-electron chi connectivity index (χ0n) is 11.9. The van der Waals surface area contributed by atoms with E-state index < -0.39 is 11.9 Å². The van der Waals surface area contributed by atoms with E-state index >= 15 is 0 Å². The summed E-state index contributed by atoms with van der Waals surface area (Å²) < 4.78 is 16.0. The minimum atomic E-state index is -0.589. The van der Waals surface area contributed by atoms with E-state index in [1.807, 2.05) is 13.8 Å². The minimum absolute atomic E-state index is 0.148. The van der Waals surface area contributed by atoms with Crippen molar-refractivity contribution in [3.63, 3.8) is 0 Å². The lowest BCUT2D eigenvalue weighted by molar-refractivity contribution is -0.120. The summed E-state index contributed by atoms with van der Waals surface area (Å²) in [6, 6.07) is 3.09. The summed E-state index contributed by atoms with van der Waals surface area (Å²) >= 11 is 0. The van der Waals surface area contributed by atoms with Gasteiger partial charge in [-0.2, -0.15) is 0 Å². The predicted octanol–water partition coefficient (Wildman–Crippen LogP) is 1.34. The second-order valence-corrected chi connectivity index (χ2v) is 4.77. The Morgan fingerprint density at radius 1 is 1.50 bits per heavy atom. The molecule has 0 radical (unpaired) electrons. The standard InChI is InChI=1S/C14H20N2O4/c1-4-8(2)16-12(14(15)17)9-5-10(18-3)13-11(6-9)19-7-20-13/h5-6,8,12,16H,4,7H2,1-3H3,(H2,15,17). The van der Waals surface area contributed by atoms with Crippen LogP contribution in [-0.4, -0.2) is 25.9 Å². The van der Waals surface area contributed by atoms with E-state index in [-0.39, 0.29) is 12.8 Å². The van der Waals surface area contributed by atoms with Crippen molar-refractivity contribution in [2.45, 2.75) is 32.4 Å². The maximum absolute atomic E-state index is 11.7. The van der Waals surface area contributed by atoms with E-state index in [1.54, 1.807) is 19.2 Å². The van der Waals surface area contributed by atoms with Gasteiger partial charge in [0.15, 0.2) is 11.5 Å². The fourth-order valence-electron chi connectivity index (χ4n) is 2.06. The first-order chi connectivity index (χ1) is 9.56. The van der Waals surface area contributed by atoms with Crippen molar-refractivity contribution >= 4 is 5.91 Å². The van der Waals surface area contributed by atoms with E-state index in [1.165, 1.54) is 0 Å². The lowest BCUT2D eigenvalue weighted by Gasteiger charge is -2.21. The second-order valence-electron chi connectivity index (χ2n) is 4.77. The Kier molecular flexibility index (Phi) is 4.34. The molecule has 2 rings (SSSR count). The van der Waals surface area contributed by atoms with Crippen LogP contribution in [0.15, 0.2) is 12.1 Å². The van der Waals surface area contributed by atoms with Crippen LogP contribution >= 0.6 is 0 Å². The zero-order chi connectivity index (χ0) is 14.7. The van der Waals surface area contributed by atoms with E-state index in [0.29, 0.717) is 22.8 Å². The van der Waals surface area contributed by atoms with Crippen molar-refractivity contribution in [3.8, 4) is 17.2 Å². The van der Waals surface area contributed by atoms with E-state index in [0.717, 1.165) is 6.42 Å². The monoisotopic (exact) mass is 280 g/mol.